The van der Waals surface area contributed by atoms with Crippen molar-refractivity contribution in [2.75, 3.05) is 0 Å². The van der Waals surface area contributed by atoms with Gasteiger partial charge in [-0.3, -0.25) is 0 Å². The van der Waals surface area contributed by atoms with Gasteiger partial charge in [-0.15, -0.1) is 0 Å². The van der Waals surface area contributed by atoms with Crippen LogP contribution >= 0.6 is 0 Å². The van der Waals surface area contributed by atoms with Crippen LogP contribution in [-0.4, -0.2) is 15.1 Å². The van der Waals surface area contributed by atoms with Gasteiger partial charge in [-0.25, -0.2) is 9.97 Å². The Balaban J connectivity index is 2.24. The molecule has 0 saturated heterocycles. The monoisotopic (exact) mass is 255 g/mol. The molecule has 0 fully saturated rings. The molecule has 0 bridgehead atoms. The van der Waals surface area contributed by atoms with Crippen molar-refractivity contribution in [3.8, 4) is 22.8 Å². The number of nitrogens with zero attached hydrogens (tertiary/aromatic N) is 3. The van der Waals surface area contributed by atoms with E-state index < -0.39 is 0 Å². The average Bonchev–Trinajstić information content (AvgIpc) is 3.02. The molecule has 19 heavy (non-hydrogen) atoms. The molecule has 0 aromatic carbocycles. The maximum Gasteiger partial charge on any atom is 0.173 e. The van der Waals surface area contributed by atoms with E-state index in [1.165, 1.54) is 0 Å². The number of aromatic nitrogens is 3. The van der Waals surface area contributed by atoms with Gasteiger partial charge in [0.25, 0.3) is 0 Å². The molecular weight excluding hydrogens is 242 g/mol. The van der Waals surface area contributed by atoms with Gasteiger partial charge in [0, 0.05) is 11.8 Å². The van der Waals surface area contributed by atoms with E-state index in [1.54, 1.807) is 12.5 Å². The molecule has 0 amide bonds. The first kappa shape index (κ1) is 11.6. The molecular formula is C14H13N3O2. The van der Waals surface area contributed by atoms with Crippen LogP contribution in [0.3, 0.4) is 0 Å². The Bertz CT molecular complexity index is 714. The van der Waals surface area contributed by atoms with Crippen molar-refractivity contribution < 1.29 is 8.94 Å². The summed E-state index contributed by atoms with van der Waals surface area (Å²) >= 11 is 0. The molecule has 3 heterocycles. The lowest BCUT2D eigenvalue weighted by Crippen LogP contribution is -1.94. The molecule has 0 unspecified atom stereocenters. The minimum absolute atomic E-state index is 0.684. The lowest BCUT2D eigenvalue weighted by molar-refractivity contribution is 0.426. The lowest BCUT2D eigenvalue weighted by Gasteiger charge is -2.05. The Morgan fingerprint density at radius 3 is 2.63 bits per heavy atom. The smallest absolute Gasteiger partial charge is 0.173 e. The molecule has 0 aliphatic heterocycles. The number of rotatable bonds is 2. The second-order valence-corrected chi connectivity index (χ2v) is 4.38. The van der Waals surface area contributed by atoms with Gasteiger partial charge in [-0.1, -0.05) is 5.16 Å². The third-order valence-electron chi connectivity index (χ3n) is 3.07. The van der Waals surface area contributed by atoms with Crippen LogP contribution in [-0.2, 0) is 0 Å². The number of hydrogen-bond donors (Lipinski definition) is 0. The molecule has 0 saturated carbocycles. The Kier molecular flexibility index (Phi) is 2.67. The van der Waals surface area contributed by atoms with Crippen LogP contribution in [0.15, 0.2) is 33.5 Å². The van der Waals surface area contributed by atoms with Gasteiger partial charge >= 0.3 is 0 Å². The SMILES string of the molecule is Cc1ncc(-c2onc(C)c2C)c(-c2ccco2)n1. The van der Waals surface area contributed by atoms with Gasteiger partial charge < -0.3 is 8.94 Å². The summed E-state index contributed by atoms with van der Waals surface area (Å²) < 4.78 is 10.8. The van der Waals surface area contributed by atoms with Gasteiger partial charge in [-0.05, 0) is 32.9 Å². The van der Waals surface area contributed by atoms with Crippen LogP contribution in [0.2, 0.25) is 0 Å². The summed E-state index contributed by atoms with van der Waals surface area (Å²) in [4.78, 5) is 8.69. The fourth-order valence-corrected chi connectivity index (χ4v) is 1.90. The third-order valence-corrected chi connectivity index (χ3v) is 3.07. The molecule has 0 N–H and O–H groups in total. The quantitative estimate of drug-likeness (QED) is 0.702. The van der Waals surface area contributed by atoms with Gasteiger partial charge in [0.15, 0.2) is 11.5 Å². The number of hydrogen-bond acceptors (Lipinski definition) is 5. The molecule has 3 aromatic heterocycles. The summed E-state index contributed by atoms with van der Waals surface area (Å²) in [5.41, 5.74) is 3.36. The molecule has 3 aromatic rings. The Morgan fingerprint density at radius 1 is 1.16 bits per heavy atom. The molecule has 0 spiro atoms. The topological polar surface area (TPSA) is 65.0 Å². The Morgan fingerprint density at radius 2 is 2.00 bits per heavy atom. The fraction of sp³-hybridized carbons (Fsp3) is 0.214. The predicted molar refractivity (Wildman–Crippen MR) is 69.4 cm³/mol. The normalized spacial score (nSPS) is 10.9. The molecule has 0 atom stereocenters. The van der Waals surface area contributed by atoms with E-state index in [2.05, 4.69) is 15.1 Å². The second-order valence-electron chi connectivity index (χ2n) is 4.38. The highest BCUT2D eigenvalue weighted by molar-refractivity contribution is 5.76. The average molecular weight is 255 g/mol. The summed E-state index contributed by atoms with van der Waals surface area (Å²) in [5.74, 6) is 2.06. The second kappa shape index (κ2) is 4.35. The number of furan rings is 1. The van der Waals surface area contributed by atoms with Crippen molar-refractivity contribution >= 4 is 0 Å². The zero-order chi connectivity index (χ0) is 13.4. The molecule has 96 valence electrons. The molecule has 5 heteroatoms. The number of aryl methyl sites for hydroxylation is 2. The van der Waals surface area contributed by atoms with Gasteiger partial charge in [-0.2, -0.15) is 0 Å². The largest absolute Gasteiger partial charge is 0.463 e. The highest BCUT2D eigenvalue weighted by Crippen LogP contribution is 2.33. The maximum absolute atomic E-state index is 5.43. The van der Waals surface area contributed by atoms with Crippen LogP contribution < -0.4 is 0 Å². The van der Waals surface area contributed by atoms with Gasteiger partial charge in [0.2, 0.25) is 0 Å². The van der Waals surface area contributed by atoms with E-state index >= 15 is 0 Å². The Hall–Kier alpha value is -2.43. The van der Waals surface area contributed by atoms with E-state index in [0.717, 1.165) is 22.5 Å². The third kappa shape index (κ3) is 1.93. The first-order valence-corrected chi connectivity index (χ1v) is 5.97. The van der Waals surface area contributed by atoms with Crippen molar-refractivity contribution in [2.24, 2.45) is 0 Å². The first-order valence-electron chi connectivity index (χ1n) is 5.97. The lowest BCUT2D eigenvalue weighted by atomic mass is 10.1. The van der Waals surface area contributed by atoms with Crippen molar-refractivity contribution in [2.45, 2.75) is 20.8 Å². The summed E-state index contributed by atoms with van der Waals surface area (Å²) in [7, 11) is 0. The van der Waals surface area contributed by atoms with Crippen molar-refractivity contribution in [1.29, 1.82) is 0 Å². The zero-order valence-corrected chi connectivity index (χ0v) is 11.0. The van der Waals surface area contributed by atoms with E-state index in [-0.39, 0.29) is 0 Å². The zero-order valence-electron chi connectivity index (χ0n) is 11.0. The van der Waals surface area contributed by atoms with Crippen molar-refractivity contribution in [3.05, 3.63) is 41.7 Å². The van der Waals surface area contributed by atoms with Crippen molar-refractivity contribution in [1.82, 2.24) is 15.1 Å². The maximum atomic E-state index is 5.43. The van der Waals surface area contributed by atoms with Gasteiger partial charge in [0.05, 0.1) is 17.5 Å². The highest BCUT2D eigenvalue weighted by Gasteiger charge is 2.19. The summed E-state index contributed by atoms with van der Waals surface area (Å²) in [5, 5.41) is 3.98. The first-order chi connectivity index (χ1) is 9.16. The van der Waals surface area contributed by atoms with E-state index in [0.29, 0.717) is 17.3 Å². The van der Waals surface area contributed by atoms with Crippen molar-refractivity contribution in [3.63, 3.8) is 0 Å². The van der Waals surface area contributed by atoms with Crippen LogP contribution in [0.25, 0.3) is 22.8 Å². The fourth-order valence-electron chi connectivity index (χ4n) is 1.90. The molecule has 0 aliphatic rings. The van der Waals surface area contributed by atoms with Crippen LogP contribution in [0.4, 0.5) is 0 Å². The van der Waals surface area contributed by atoms with Gasteiger partial charge in [0.1, 0.15) is 11.5 Å². The Labute approximate surface area is 110 Å². The van der Waals surface area contributed by atoms with Crippen LogP contribution in [0.1, 0.15) is 17.1 Å². The predicted octanol–water partition coefficient (Wildman–Crippen LogP) is 3.32. The summed E-state index contributed by atoms with van der Waals surface area (Å²) in [6.45, 7) is 5.71. The highest BCUT2D eigenvalue weighted by atomic mass is 16.5. The van der Waals surface area contributed by atoms with E-state index in [1.807, 2.05) is 32.9 Å². The van der Waals surface area contributed by atoms with E-state index in [9.17, 15) is 0 Å². The molecule has 0 aliphatic carbocycles. The molecule has 3 rings (SSSR count). The van der Waals surface area contributed by atoms with Crippen LogP contribution in [0.5, 0.6) is 0 Å². The summed E-state index contributed by atoms with van der Waals surface area (Å²) in [6.07, 6.45) is 3.36. The molecule has 5 nitrogen and oxygen atoms in total. The van der Waals surface area contributed by atoms with Crippen LogP contribution in [0, 0.1) is 20.8 Å². The standard InChI is InChI=1S/C14H13N3O2/c1-8-9(2)17-19-14(8)11-7-15-10(3)16-13(11)12-5-4-6-18-12/h4-7H,1-3H3. The summed E-state index contributed by atoms with van der Waals surface area (Å²) in [6, 6.07) is 3.69. The van der Waals surface area contributed by atoms with E-state index in [4.69, 9.17) is 8.94 Å². The minimum Gasteiger partial charge on any atom is -0.463 e. The minimum atomic E-state index is 0.684. The molecule has 0 radical (unpaired) electrons.